The third-order valence-corrected chi connectivity index (χ3v) is 4.75. The van der Waals surface area contributed by atoms with Crippen LogP contribution in [0.1, 0.15) is 12.1 Å². The lowest BCUT2D eigenvalue weighted by Gasteiger charge is -2.09. The molecule has 0 aliphatic carbocycles. The van der Waals surface area contributed by atoms with Crippen LogP contribution in [0.3, 0.4) is 0 Å². The molecule has 0 spiro atoms. The smallest absolute Gasteiger partial charge is 0.282 e. The van der Waals surface area contributed by atoms with Gasteiger partial charge in [-0.25, -0.2) is 31.3 Å². The molecule has 0 fully saturated rings. The van der Waals surface area contributed by atoms with Gasteiger partial charge < -0.3 is 4.74 Å². The van der Waals surface area contributed by atoms with E-state index in [4.69, 9.17) is 4.74 Å². The molecule has 0 bridgehead atoms. The Balaban J connectivity index is 2.14. The number of halogens is 3. The predicted octanol–water partition coefficient (Wildman–Crippen LogP) is 3.42. The third-order valence-electron chi connectivity index (χ3n) is 3.74. The summed E-state index contributed by atoms with van der Waals surface area (Å²) < 4.78 is 69.4. The maximum absolute atomic E-state index is 14.0. The summed E-state index contributed by atoms with van der Waals surface area (Å²) in [6.07, 6.45) is -0.637. The Morgan fingerprint density at radius 1 is 1.15 bits per heavy atom. The largest absolute Gasteiger partial charge is 0.494 e. The fraction of sp³-hybridized carbons (Fsp3) is 0.176. The van der Waals surface area contributed by atoms with Crippen molar-refractivity contribution in [3.05, 3.63) is 54.1 Å². The van der Waals surface area contributed by atoms with Crippen molar-refractivity contribution >= 4 is 9.84 Å². The summed E-state index contributed by atoms with van der Waals surface area (Å²) in [5, 5.41) is 3.68. The number of ether oxygens (including phenoxy) is 1. The van der Waals surface area contributed by atoms with E-state index in [9.17, 15) is 21.6 Å². The molecule has 27 heavy (non-hydrogen) atoms. The first kappa shape index (κ1) is 18.9. The minimum Gasteiger partial charge on any atom is -0.494 e. The second-order valence-electron chi connectivity index (χ2n) is 5.64. The van der Waals surface area contributed by atoms with Crippen molar-refractivity contribution in [1.82, 2.24) is 14.8 Å². The van der Waals surface area contributed by atoms with Gasteiger partial charge >= 0.3 is 0 Å². The van der Waals surface area contributed by atoms with E-state index < -0.39 is 27.8 Å². The van der Waals surface area contributed by atoms with Crippen LogP contribution in [0.2, 0.25) is 0 Å². The monoisotopic (exact) mass is 397 g/mol. The molecule has 6 nitrogen and oxygen atoms in total. The number of aromatic nitrogens is 3. The van der Waals surface area contributed by atoms with E-state index in [-0.39, 0.29) is 22.2 Å². The fourth-order valence-corrected chi connectivity index (χ4v) is 3.01. The molecule has 0 unspecified atom stereocenters. The molecule has 1 aromatic carbocycles. The molecule has 0 aliphatic rings. The molecule has 3 rings (SSSR count). The number of methoxy groups -OCH3 is 1. The van der Waals surface area contributed by atoms with Gasteiger partial charge in [0, 0.05) is 11.8 Å². The van der Waals surface area contributed by atoms with Crippen LogP contribution in [0.15, 0.2) is 47.6 Å². The zero-order valence-corrected chi connectivity index (χ0v) is 15.0. The zero-order chi connectivity index (χ0) is 19.8. The number of hydrogen-bond donors (Lipinski definition) is 0. The zero-order valence-electron chi connectivity index (χ0n) is 14.2. The van der Waals surface area contributed by atoms with Crippen molar-refractivity contribution in [2.24, 2.45) is 0 Å². The summed E-state index contributed by atoms with van der Waals surface area (Å²) in [6.45, 7) is 0. The van der Waals surface area contributed by atoms with Crippen LogP contribution in [-0.4, -0.2) is 36.5 Å². The summed E-state index contributed by atoms with van der Waals surface area (Å²) in [4.78, 5) is 3.83. The van der Waals surface area contributed by atoms with E-state index in [0.29, 0.717) is 5.56 Å². The molecular weight excluding hydrogens is 383 g/mol. The number of rotatable bonds is 5. The van der Waals surface area contributed by atoms with Gasteiger partial charge in [0.1, 0.15) is 5.69 Å². The van der Waals surface area contributed by atoms with Gasteiger partial charge in [0.25, 0.3) is 6.43 Å². The predicted molar refractivity (Wildman–Crippen MR) is 91.4 cm³/mol. The maximum Gasteiger partial charge on any atom is 0.282 e. The quantitative estimate of drug-likeness (QED) is 0.660. The summed E-state index contributed by atoms with van der Waals surface area (Å²) in [5.41, 5.74) is 0.231. The first-order valence-corrected chi connectivity index (χ1v) is 9.48. The van der Waals surface area contributed by atoms with E-state index in [1.165, 1.54) is 37.6 Å². The van der Waals surface area contributed by atoms with Crippen LogP contribution in [0, 0.1) is 5.82 Å². The Bertz CT molecular complexity index is 1080. The molecule has 142 valence electrons. The van der Waals surface area contributed by atoms with Crippen molar-refractivity contribution in [1.29, 1.82) is 0 Å². The van der Waals surface area contributed by atoms with Gasteiger partial charge in [-0.05, 0) is 36.4 Å². The van der Waals surface area contributed by atoms with Gasteiger partial charge in [-0.15, -0.1) is 0 Å². The Labute approximate surface area is 153 Å². The van der Waals surface area contributed by atoms with Gasteiger partial charge in [0.2, 0.25) is 0 Å². The number of pyridine rings is 1. The first-order chi connectivity index (χ1) is 12.7. The lowest BCUT2D eigenvalue weighted by molar-refractivity contribution is 0.145. The Morgan fingerprint density at radius 2 is 1.89 bits per heavy atom. The maximum atomic E-state index is 14.0. The minimum absolute atomic E-state index is 0.0121. The van der Waals surface area contributed by atoms with Crippen molar-refractivity contribution in [2.45, 2.75) is 11.5 Å². The average molecular weight is 397 g/mol. The highest BCUT2D eigenvalue weighted by atomic mass is 32.2. The molecule has 10 heteroatoms. The Kier molecular flexibility index (Phi) is 4.92. The van der Waals surface area contributed by atoms with Gasteiger partial charge in [0.05, 0.1) is 24.7 Å². The normalized spacial score (nSPS) is 11.8. The number of sulfone groups is 1. The van der Waals surface area contributed by atoms with Crippen molar-refractivity contribution < 1.29 is 26.3 Å². The van der Waals surface area contributed by atoms with Crippen LogP contribution in [0.4, 0.5) is 13.2 Å². The topological polar surface area (TPSA) is 74.1 Å². The van der Waals surface area contributed by atoms with Crippen molar-refractivity contribution in [3.63, 3.8) is 0 Å². The molecule has 0 N–H and O–H groups in total. The molecule has 0 saturated heterocycles. The van der Waals surface area contributed by atoms with E-state index in [1.54, 1.807) is 0 Å². The van der Waals surface area contributed by atoms with E-state index in [1.807, 2.05) is 0 Å². The highest BCUT2D eigenvalue weighted by Gasteiger charge is 2.19. The van der Waals surface area contributed by atoms with Crippen LogP contribution in [0.5, 0.6) is 5.75 Å². The molecule has 0 aliphatic heterocycles. The lowest BCUT2D eigenvalue weighted by Crippen LogP contribution is -2.04. The summed E-state index contributed by atoms with van der Waals surface area (Å²) in [5.74, 6) is -0.648. The average Bonchev–Trinajstić information content (AvgIpc) is 3.06. The molecule has 0 radical (unpaired) electrons. The third kappa shape index (κ3) is 3.80. The number of benzene rings is 1. The number of alkyl halides is 2. The van der Waals surface area contributed by atoms with Gasteiger partial charge in [-0.3, -0.25) is 0 Å². The molecule has 2 aromatic heterocycles. The summed E-state index contributed by atoms with van der Waals surface area (Å²) in [6, 6.07) is 7.77. The Hall–Kier alpha value is -2.88. The summed E-state index contributed by atoms with van der Waals surface area (Å²) in [7, 11) is -2.20. The summed E-state index contributed by atoms with van der Waals surface area (Å²) >= 11 is 0. The van der Waals surface area contributed by atoms with Crippen molar-refractivity contribution in [2.75, 3.05) is 13.4 Å². The lowest BCUT2D eigenvalue weighted by atomic mass is 10.1. The highest BCUT2D eigenvalue weighted by molar-refractivity contribution is 7.90. The van der Waals surface area contributed by atoms with Gasteiger partial charge in [0.15, 0.2) is 26.4 Å². The van der Waals surface area contributed by atoms with Gasteiger partial charge in [-0.2, -0.15) is 5.10 Å². The van der Waals surface area contributed by atoms with Crippen LogP contribution < -0.4 is 4.74 Å². The van der Waals surface area contributed by atoms with Crippen molar-refractivity contribution in [3.8, 4) is 22.7 Å². The molecule has 0 amide bonds. The standard InChI is InChI=1S/C17H14F3N3O3S/c1-26-15-5-3-10(7-12(15)18)14-8-13(17(19)20)22-23(14)11-4-6-16(21-9-11)27(2,24)25/h3-9,17H,1-2H3. The molecular formula is C17H14F3N3O3S. The molecule has 2 heterocycles. The molecule has 3 aromatic rings. The van der Waals surface area contributed by atoms with E-state index in [0.717, 1.165) is 23.1 Å². The van der Waals surface area contributed by atoms with Crippen LogP contribution >= 0.6 is 0 Å². The molecule has 0 atom stereocenters. The second kappa shape index (κ2) is 7.03. The molecule has 0 saturated carbocycles. The van der Waals surface area contributed by atoms with Gasteiger partial charge in [-0.1, -0.05) is 0 Å². The van der Waals surface area contributed by atoms with Crippen LogP contribution in [-0.2, 0) is 9.84 Å². The SMILES string of the molecule is COc1ccc(-c2cc(C(F)F)nn2-c2ccc(S(C)(=O)=O)nc2)cc1F. The Morgan fingerprint density at radius 3 is 2.41 bits per heavy atom. The first-order valence-electron chi connectivity index (χ1n) is 7.59. The van der Waals surface area contributed by atoms with E-state index >= 15 is 0 Å². The number of hydrogen-bond acceptors (Lipinski definition) is 5. The number of nitrogens with zero attached hydrogens (tertiary/aromatic N) is 3. The minimum atomic E-state index is -3.51. The second-order valence-corrected chi connectivity index (χ2v) is 7.61. The fourth-order valence-electron chi connectivity index (χ4n) is 2.45. The van der Waals surface area contributed by atoms with E-state index in [2.05, 4.69) is 10.1 Å². The van der Waals surface area contributed by atoms with Crippen LogP contribution in [0.25, 0.3) is 16.9 Å². The highest BCUT2D eigenvalue weighted by Crippen LogP contribution is 2.30.